The topological polar surface area (TPSA) is 47.6 Å². The quantitative estimate of drug-likeness (QED) is 0.453. The van der Waals surface area contributed by atoms with Gasteiger partial charge in [-0.3, -0.25) is 4.79 Å². The van der Waals surface area contributed by atoms with E-state index in [0.717, 1.165) is 6.08 Å². The van der Waals surface area contributed by atoms with Gasteiger partial charge < -0.3 is 14.8 Å². The number of carbonyl (C=O) groups excluding carboxylic acids is 1. The van der Waals surface area contributed by atoms with Gasteiger partial charge in [0, 0.05) is 18.2 Å². The molecule has 0 bridgehead atoms. The third-order valence-corrected chi connectivity index (χ3v) is 3.24. The summed E-state index contributed by atoms with van der Waals surface area (Å²) >= 11 is 0. The minimum absolute atomic E-state index is 0.313. The summed E-state index contributed by atoms with van der Waals surface area (Å²) in [5.74, 6) is -3.40. The summed E-state index contributed by atoms with van der Waals surface area (Å²) in [6, 6.07) is 5.92. The van der Waals surface area contributed by atoms with Crippen LogP contribution in [0.4, 0.5) is 18.9 Å². The fraction of sp³-hybridized carbons (Fsp3) is 0.105. The van der Waals surface area contributed by atoms with Crippen molar-refractivity contribution in [2.24, 2.45) is 0 Å². The Kier molecular flexibility index (Phi) is 6.43. The molecule has 4 nitrogen and oxygen atoms in total. The van der Waals surface area contributed by atoms with Gasteiger partial charge in [-0.2, -0.15) is 0 Å². The summed E-state index contributed by atoms with van der Waals surface area (Å²) in [6.07, 6.45) is 4.17. The number of anilines is 1. The van der Waals surface area contributed by atoms with Crippen molar-refractivity contribution >= 4 is 17.7 Å². The third-order valence-electron chi connectivity index (χ3n) is 3.24. The summed E-state index contributed by atoms with van der Waals surface area (Å²) < 4.78 is 50.1. The number of ether oxygens (including phenoxy) is 2. The lowest BCUT2D eigenvalue weighted by Crippen LogP contribution is -2.10. The number of hydrogen-bond acceptors (Lipinski definition) is 3. The van der Waals surface area contributed by atoms with Gasteiger partial charge in [-0.1, -0.05) is 18.7 Å². The first-order valence-electron chi connectivity index (χ1n) is 7.50. The fourth-order valence-electron chi connectivity index (χ4n) is 2.02. The molecule has 0 fully saturated rings. The predicted molar refractivity (Wildman–Crippen MR) is 92.7 cm³/mol. The largest absolute Gasteiger partial charge is 0.493 e. The lowest BCUT2D eigenvalue weighted by atomic mass is 10.2. The number of carbonyl (C=O) groups is 1. The van der Waals surface area contributed by atoms with Crippen LogP contribution in [0.3, 0.4) is 0 Å². The van der Waals surface area contributed by atoms with Gasteiger partial charge in [0.05, 0.1) is 12.8 Å². The number of benzene rings is 2. The van der Waals surface area contributed by atoms with Gasteiger partial charge in [0.25, 0.3) is 0 Å². The van der Waals surface area contributed by atoms with Gasteiger partial charge in [0.2, 0.25) is 5.91 Å². The molecule has 0 aliphatic rings. The van der Waals surface area contributed by atoms with Gasteiger partial charge in [-0.05, 0) is 23.8 Å². The van der Waals surface area contributed by atoms with Gasteiger partial charge in [-0.25, -0.2) is 13.2 Å². The Morgan fingerprint density at radius 2 is 1.85 bits per heavy atom. The first kappa shape index (κ1) is 19.1. The van der Waals surface area contributed by atoms with Crippen LogP contribution in [0.25, 0.3) is 6.08 Å². The number of nitrogens with one attached hydrogen (secondary N) is 1. The van der Waals surface area contributed by atoms with Crippen LogP contribution in [0.5, 0.6) is 11.5 Å². The van der Waals surface area contributed by atoms with Gasteiger partial charge >= 0.3 is 0 Å². The molecule has 0 radical (unpaired) electrons. The van der Waals surface area contributed by atoms with E-state index in [1.807, 2.05) is 0 Å². The lowest BCUT2D eigenvalue weighted by Gasteiger charge is -2.09. The number of rotatable bonds is 7. The predicted octanol–water partition coefficient (Wildman–Crippen LogP) is 4.33. The molecule has 0 aliphatic heterocycles. The maximum absolute atomic E-state index is 13.5. The standard InChI is InChI=1S/C19H16F3NO3/c1-3-8-26-17-6-4-12(9-18(17)25-2)5-7-19(24)23-16-11-14(21)13(20)10-15(16)22/h3-7,9-11H,1,8H2,2H3,(H,23,24)/b7-5+. The Bertz CT molecular complexity index is 850. The summed E-state index contributed by atoms with van der Waals surface area (Å²) in [4.78, 5) is 11.8. The molecule has 0 spiro atoms. The fourth-order valence-corrected chi connectivity index (χ4v) is 2.02. The second kappa shape index (κ2) is 8.75. The second-order valence-corrected chi connectivity index (χ2v) is 5.08. The van der Waals surface area contributed by atoms with Crippen LogP contribution in [0.2, 0.25) is 0 Å². The lowest BCUT2D eigenvalue weighted by molar-refractivity contribution is -0.111. The second-order valence-electron chi connectivity index (χ2n) is 5.08. The molecule has 0 aliphatic carbocycles. The van der Waals surface area contributed by atoms with E-state index in [9.17, 15) is 18.0 Å². The Hall–Kier alpha value is -3.22. The van der Waals surface area contributed by atoms with E-state index in [-0.39, 0.29) is 0 Å². The molecule has 0 saturated carbocycles. The monoisotopic (exact) mass is 363 g/mol. The Morgan fingerprint density at radius 3 is 2.54 bits per heavy atom. The Labute approximate surface area is 148 Å². The first-order valence-corrected chi connectivity index (χ1v) is 7.50. The van der Waals surface area contributed by atoms with Gasteiger partial charge in [0.1, 0.15) is 12.4 Å². The van der Waals surface area contributed by atoms with Crippen LogP contribution < -0.4 is 14.8 Å². The molecule has 0 aromatic heterocycles. The van der Waals surface area contributed by atoms with Crippen molar-refractivity contribution in [3.8, 4) is 11.5 Å². The molecule has 26 heavy (non-hydrogen) atoms. The van der Waals surface area contributed by atoms with Gasteiger partial charge in [0.15, 0.2) is 23.1 Å². The van der Waals surface area contributed by atoms with E-state index in [2.05, 4.69) is 11.9 Å². The highest BCUT2D eigenvalue weighted by atomic mass is 19.2. The van der Waals surface area contributed by atoms with E-state index >= 15 is 0 Å². The first-order chi connectivity index (χ1) is 12.4. The Balaban J connectivity index is 2.10. The summed E-state index contributed by atoms with van der Waals surface area (Å²) in [6.45, 7) is 3.87. The van der Waals surface area contributed by atoms with Crippen molar-refractivity contribution in [3.05, 3.63) is 72.1 Å². The zero-order chi connectivity index (χ0) is 19.1. The molecular formula is C19H16F3NO3. The SMILES string of the molecule is C=CCOc1ccc(/C=C/C(=O)Nc2cc(F)c(F)cc2F)cc1OC. The molecule has 2 aromatic rings. The third kappa shape index (κ3) is 4.89. The number of halogens is 3. The van der Waals surface area contributed by atoms with Crippen LogP contribution in [0.1, 0.15) is 5.56 Å². The smallest absolute Gasteiger partial charge is 0.248 e. The van der Waals surface area contributed by atoms with Crippen molar-refractivity contribution in [3.63, 3.8) is 0 Å². The molecule has 1 amide bonds. The van der Waals surface area contributed by atoms with E-state index < -0.39 is 29.0 Å². The number of methoxy groups -OCH3 is 1. The van der Waals surface area contributed by atoms with Crippen LogP contribution in [-0.2, 0) is 4.79 Å². The normalized spacial score (nSPS) is 10.6. The molecule has 0 atom stereocenters. The van der Waals surface area contributed by atoms with Crippen molar-refractivity contribution in [2.45, 2.75) is 0 Å². The summed E-state index contributed by atoms with van der Waals surface area (Å²) in [5, 5.41) is 2.14. The maximum atomic E-state index is 13.5. The van der Waals surface area contributed by atoms with Crippen LogP contribution in [-0.4, -0.2) is 19.6 Å². The van der Waals surface area contributed by atoms with Crippen LogP contribution in [0.15, 0.2) is 49.1 Å². The van der Waals surface area contributed by atoms with Gasteiger partial charge in [-0.15, -0.1) is 0 Å². The van der Waals surface area contributed by atoms with E-state index in [1.165, 1.54) is 13.2 Å². The molecule has 2 aromatic carbocycles. The van der Waals surface area contributed by atoms with Crippen molar-refractivity contribution in [2.75, 3.05) is 19.0 Å². The number of hydrogen-bond donors (Lipinski definition) is 1. The Morgan fingerprint density at radius 1 is 1.12 bits per heavy atom. The summed E-state index contributed by atoms with van der Waals surface area (Å²) in [7, 11) is 1.47. The molecule has 0 saturated heterocycles. The van der Waals surface area contributed by atoms with Crippen molar-refractivity contribution < 1.29 is 27.4 Å². The highest BCUT2D eigenvalue weighted by Gasteiger charge is 2.11. The average molecular weight is 363 g/mol. The molecular weight excluding hydrogens is 347 g/mol. The minimum Gasteiger partial charge on any atom is -0.493 e. The van der Waals surface area contributed by atoms with Crippen LogP contribution >= 0.6 is 0 Å². The van der Waals surface area contributed by atoms with Crippen LogP contribution in [0, 0.1) is 17.5 Å². The van der Waals surface area contributed by atoms with E-state index in [1.54, 1.807) is 24.3 Å². The molecule has 2 rings (SSSR count). The molecule has 0 heterocycles. The molecule has 1 N–H and O–H groups in total. The molecule has 0 unspecified atom stereocenters. The van der Waals surface area contributed by atoms with E-state index in [0.29, 0.717) is 35.8 Å². The summed E-state index contributed by atoms with van der Waals surface area (Å²) in [5.41, 5.74) is 0.165. The average Bonchev–Trinajstić information content (AvgIpc) is 2.63. The highest BCUT2D eigenvalue weighted by Crippen LogP contribution is 2.28. The van der Waals surface area contributed by atoms with E-state index in [4.69, 9.17) is 9.47 Å². The zero-order valence-electron chi connectivity index (χ0n) is 13.9. The zero-order valence-corrected chi connectivity index (χ0v) is 13.9. The molecule has 7 heteroatoms. The minimum atomic E-state index is -1.33. The number of amides is 1. The maximum Gasteiger partial charge on any atom is 0.248 e. The highest BCUT2D eigenvalue weighted by molar-refractivity contribution is 6.02. The molecule has 136 valence electrons. The van der Waals surface area contributed by atoms with Crippen molar-refractivity contribution in [1.82, 2.24) is 0 Å². The van der Waals surface area contributed by atoms with Crippen molar-refractivity contribution in [1.29, 1.82) is 0 Å².